The Balaban J connectivity index is 1.59. The first-order valence-corrected chi connectivity index (χ1v) is 8.20. The summed E-state index contributed by atoms with van der Waals surface area (Å²) >= 11 is 1.85. The second-order valence-electron chi connectivity index (χ2n) is 6.78. The molecule has 1 saturated carbocycles. The molecule has 1 aromatic heterocycles. The Labute approximate surface area is 123 Å². The first-order chi connectivity index (χ1) is 9.40. The highest BCUT2D eigenvalue weighted by atomic mass is 32.1. The fourth-order valence-electron chi connectivity index (χ4n) is 2.50. The van der Waals surface area contributed by atoms with E-state index in [4.69, 9.17) is 9.72 Å². The maximum absolute atomic E-state index is 11.8. The van der Waals surface area contributed by atoms with Gasteiger partial charge in [-0.25, -0.2) is 9.78 Å². The lowest BCUT2D eigenvalue weighted by Gasteiger charge is -2.25. The Hall–Kier alpha value is -1.10. The summed E-state index contributed by atoms with van der Waals surface area (Å²) in [7, 11) is 0. The number of aryl methyl sites for hydroxylation is 1. The number of aromatic nitrogens is 1. The summed E-state index contributed by atoms with van der Waals surface area (Å²) in [6.45, 7) is 5.66. The average Bonchev–Trinajstić information content (AvgIpc) is 3.07. The second kappa shape index (κ2) is 5.02. The zero-order chi connectivity index (χ0) is 14.3. The van der Waals surface area contributed by atoms with Gasteiger partial charge in [0.05, 0.1) is 10.7 Å². The molecule has 0 saturated heterocycles. The van der Waals surface area contributed by atoms with Crippen LogP contribution in [0.25, 0.3) is 0 Å². The van der Waals surface area contributed by atoms with Crippen LogP contribution in [0.15, 0.2) is 0 Å². The minimum atomic E-state index is -0.437. The van der Waals surface area contributed by atoms with E-state index >= 15 is 0 Å². The van der Waals surface area contributed by atoms with Crippen LogP contribution in [0.3, 0.4) is 0 Å². The number of carbonyl (C=O) groups is 1. The van der Waals surface area contributed by atoms with Crippen molar-refractivity contribution in [2.75, 3.05) is 0 Å². The zero-order valence-electron chi connectivity index (χ0n) is 12.4. The maximum Gasteiger partial charge on any atom is 0.407 e. The highest BCUT2D eigenvalue weighted by molar-refractivity contribution is 7.11. The average molecular weight is 294 g/mol. The van der Waals surface area contributed by atoms with Gasteiger partial charge in [-0.1, -0.05) is 0 Å². The topological polar surface area (TPSA) is 51.2 Å². The fourth-order valence-corrected chi connectivity index (χ4v) is 3.86. The van der Waals surface area contributed by atoms with E-state index in [2.05, 4.69) is 5.32 Å². The summed E-state index contributed by atoms with van der Waals surface area (Å²) in [5.41, 5.74) is 0.826. The SMILES string of the molecule is CC(C)(C)OC(=O)N[C@H]1CCc2nc(C3CC3)sc2C1. The van der Waals surface area contributed by atoms with Crippen LogP contribution in [0.1, 0.15) is 61.5 Å². The highest BCUT2D eigenvalue weighted by Gasteiger charge is 2.31. The first-order valence-electron chi connectivity index (χ1n) is 7.39. The molecule has 2 aliphatic carbocycles. The van der Waals surface area contributed by atoms with Crippen molar-refractivity contribution in [1.82, 2.24) is 10.3 Å². The van der Waals surface area contributed by atoms with E-state index in [9.17, 15) is 4.79 Å². The molecule has 0 bridgehead atoms. The Kier molecular flexibility index (Phi) is 3.48. The van der Waals surface area contributed by atoms with Crippen molar-refractivity contribution in [3.8, 4) is 0 Å². The number of nitrogens with one attached hydrogen (secondary N) is 1. The summed E-state index contributed by atoms with van der Waals surface area (Å²) in [5.74, 6) is 0.725. The Morgan fingerprint density at radius 2 is 2.10 bits per heavy atom. The molecule has 1 N–H and O–H groups in total. The van der Waals surface area contributed by atoms with Crippen LogP contribution in [-0.2, 0) is 17.6 Å². The minimum absolute atomic E-state index is 0.185. The van der Waals surface area contributed by atoms with E-state index in [0.29, 0.717) is 0 Å². The number of carbonyl (C=O) groups excluding carboxylic acids is 1. The highest BCUT2D eigenvalue weighted by Crippen LogP contribution is 2.43. The number of rotatable bonds is 2. The summed E-state index contributed by atoms with van der Waals surface area (Å²) in [6, 6.07) is 0.185. The molecule has 4 nitrogen and oxygen atoms in total. The smallest absolute Gasteiger partial charge is 0.407 e. The van der Waals surface area contributed by atoms with Crippen LogP contribution >= 0.6 is 11.3 Å². The number of hydrogen-bond donors (Lipinski definition) is 1. The van der Waals surface area contributed by atoms with Crippen molar-refractivity contribution >= 4 is 17.4 Å². The van der Waals surface area contributed by atoms with Crippen molar-refractivity contribution in [2.45, 2.75) is 70.4 Å². The Morgan fingerprint density at radius 1 is 1.35 bits per heavy atom. The van der Waals surface area contributed by atoms with Crippen molar-refractivity contribution in [1.29, 1.82) is 0 Å². The molecule has 1 amide bonds. The lowest BCUT2D eigenvalue weighted by atomic mass is 9.98. The molecule has 0 radical (unpaired) electrons. The van der Waals surface area contributed by atoms with Gasteiger partial charge >= 0.3 is 6.09 Å². The molecule has 0 spiro atoms. The van der Waals surface area contributed by atoms with Gasteiger partial charge in [-0.05, 0) is 46.5 Å². The van der Waals surface area contributed by atoms with Crippen LogP contribution in [0.4, 0.5) is 4.79 Å². The molecule has 5 heteroatoms. The summed E-state index contributed by atoms with van der Waals surface area (Å²) in [4.78, 5) is 17.9. The van der Waals surface area contributed by atoms with Gasteiger partial charge < -0.3 is 10.1 Å². The molecule has 0 aliphatic heterocycles. The number of hydrogen-bond acceptors (Lipinski definition) is 4. The van der Waals surface area contributed by atoms with Gasteiger partial charge in [0.2, 0.25) is 0 Å². The van der Waals surface area contributed by atoms with E-state index < -0.39 is 5.60 Å². The van der Waals surface area contributed by atoms with Crippen molar-refractivity contribution in [3.05, 3.63) is 15.6 Å². The van der Waals surface area contributed by atoms with Crippen LogP contribution in [0, 0.1) is 0 Å². The number of nitrogens with zero attached hydrogens (tertiary/aromatic N) is 1. The van der Waals surface area contributed by atoms with E-state index in [1.807, 2.05) is 32.1 Å². The Morgan fingerprint density at radius 3 is 2.75 bits per heavy atom. The number of amides is 1. The first kappa shape index (κ1) is 13.9. The molecule has 110 valence electrons. The predicted molar refractivity (Wildman–Crippen MR) is 79.3 cm³/mol. The summed E-state index contributed by atoms with van der Waals surface area (Å²) in [5, 5.41) is 4.30. The third kappa shape index (κ3) is 3.32. The maximum atomic E-state index is 11.8. The molecule has 1 fully saturated rings. The second-order valence-corrected chi connectivity index (χ2v) is 7.90. The Bertz CT molecular complexity index is 514. The van der Waals surface area contributed by atoms with Gasteiger partial charge in [0.15, 0.2) is 0 Å². The van der Waals surface area contributed by atoms with Gasteiger partial charge in [0.25, 0.3) is 0 Å². The van der Waals surface area contributed by atoms with Crippen molar-refractivity contribution in [3.63, 3.8) is 0 Å². The van der Waals surface area contributed by atoms with E-state index in [-0.39, 0.29) is 12.1 Å². The molecule has 1 aromatic rings. The molecular formula is C15H22N2O2S. The van der Waals surface area contributed by atoms with Gasteiger partial charge in [-0.15, -0.1) is 11.3 Å². The van der Waals surface area contributed by atoms with Crippen LogP contribution in [-0.4, -0.2) is 22.7 Å². The quantitative estimate of drug-likeness (QED) is 0.909. The van der Waals surface area contributed by atoms with Crippen molar-refractivity contribution in [2.24, 2.45) is 0 Å². The minimum Gasteiger partial charge on any atom is -0.444 e. The molecule has 20 heavy (non-hydrogen) atoms. The number of alkyl carbamates (subject to hydrolysis) is 1. The monoisotopic (exact) mass is 294 g/mol. The van der Waals surface area contributed by atoms with Crippen LogP contribution < -0.4 is 5.32 Å². The molecule has 0 unspecified atom stereocenters. The molecule has 2 aliphatic rings. The summed E-state index contributed by atoms with van der Waals surface area (Å²) in [6.07, 6.45) is 5.12. The van der Waals surface area contributed by atoms with Crippen LogP contribution in [0.2, 0.25) is 0 Å². The number of ether oxygens (including phenoxy) is 1. The zero-order valence-corrected chi connectivity index (χ0v) is 13.2. The molecule has 3 rings (SSSR count). The summed E-state index contributed by atoms with van der Waals surface area (Å²) < 4.78 is 5.32. The van der Waals surface area contributed by atoms with Gasteiger partial charge in [-0.3, -0.25) is 0 Å². The lowest BCUT2D eigenvalue weighted by molar-refractivity contribution is 0.0500. The van der Waals surface area contributed by atoms with Gasteiger partial charge in [-0.2, -0.15) is 0 Å². The normalized spacial score (nSPS) is 22.2. The molecule has 0 aromatic carbocycles. The lowest BCUT2D eigenvalue weighted by Crippen LogP contribution is -2.41. The van der Waals surface area contributed by atoms with E-state index in [1.165, 1.54) is 28.4 Å². The fraction of sp³-hybridized carbons (Fsp3) is 0.733. The molecule has 1 atom stereocenters. The molecule has 1 heterocycles. The van der Waals surface area contributed by atoms with E-state index in [0.717, 1.165) is 25.2 Å². The predicted octanol–water partition coefficient (Wildman–Crippen LogP) is 3.40. The van der Waals surface area contributed by atoms with Crippen LogP contribution in [0.5, 0.6) is 0 Å². The van der Waals surface area contributed by atoms with Gasteiger partial charge in [0.1, 0.15) is 5.60 Å². The number of fused-ring (bicyclic) bond motifs is 1. The largest absolute Gasteiger partial charge is 0.444 e. The third-order valence-electron chi connectivity index (χ3n) is 3.60. The van der Waals surface area contributed by atoms with Crippen molar-refractivity contribution < 1.29 is 9.53 Å². The molecular weight excluding hydrogens is 272 g/mol. The third-order valence-corrected chi connectivity index (χ3v) is 4.89. The van der Waals surface area contributed by atoms with E-state index in [1.54, 1.807) is 0 Å². The van der Waals surface area contributed by atoms with Gasteiger partial charge in [0, 0.05) is 23.3 Å². The number of thiazole rings is 1. The standard InChI is InChI=1S/C15H22N2O2S/c1-15(2,3)19-14(18)16-10-6-7-11-12(8-10)20-13(17-11)9-4-5-9/h9-10H,4-8H2,1-3H3,(H,16,18)/t10-/m0/s1.